The summed E-state index contributed by atoms with van der Waals surface area (Å²) in [4.78, 5) is 31.5. The molecule has 3 fully saturated rings. The lowest BCUT2D eigenvalue weighted by Gasteiger charge is -2.40. The Bertz CT molecular complexity index is 1350. The first-order valence-electron chi connectivity index (χ1n) is 14.8. The number of fused-ring (bicyclic) bond motifs is 1. The number of carbonyl (C=O) groups excluding carboxylic acids is 2. The van der Waals surface area contributed by atoms with E-state index in [-0.39, 0.29) is 24.4 Å². The van der Waals surface area contributed by atoms with Gasteiger partial charge in [0.15, 0.2) is 0 Å². The summed E-state index contributed by atoms with van der Waals surface area (Å²) in [6.45, 7) is 9.14. The Hall–Kier alpha value is -2.61. The third kappa shape index (κ3) is 6.64. The number of likely N-dealkylation sites (N-methyl/N-ethyl adjacent to an activating group) is 1. The molecule has 6 nitrogen and oxygen atoms in total. The Balaban J connectivity index is 0.00000181. The van der Waals surface area contributed by atoms with Gasteiger partial charge in [-0.15, -0.1) is 9.39 Å². The lowest BCUT2D eigenvalue weighted by molar-refractivity contribution is -0.144. The molecule has 1 saturated carbocycles. The fraction of sp³-hybridized carbons (Fsp3) is 0.515. The molecule has 0 aromatic heterocycles. The topological polar surface area (TPSA) is 69.9 Å². The smallest absolute Gasteiger partial charge is 0.242 e. The molecule has 2 aliphatic heterocycles. The second-order valence-corrected chi connectivity index (χ2v) is 14.2. The van der Waals surface area contributed by atoms with Crippen LogP contribution in [0.25, 0.3) is 10.8 Å². The van der Waals surface area contributed by atoms with Crippen LogP contribution in [-0.2, 0) is 9.59 Å². The lowest BCUT2D eigenvalue weighted by atomic mass is 10.0. The Morgan fingerprint density at radius 2 is 1.82 bits per heavy atom. The van der Waals surface area contributed by atoms with Crippen molar-refractivity contribution in [3.63, 3.8) is 0 Å². The zero-order valence-corrected chi connectivity index (χ0v) is 25.7. The number of allylic oxidation sites excluding steroid dienone is 1. The third-order valence-electron chi connectivity index (χ3n) is 8.71. The molecule has 7 heteroatoms. The van der Waals surface area contributed by atoms with Gasteiger partial charge in [-0.05, 0) is 86.9 Å². The summed E-state index contributed by atoms with van der Waals surface area (Å²) < 4.78 is 2.07. The fourth-order valence-electron chi connectivity index (χ4n) is 5.92. The summed E-state index contributed by atoms with van der Waals surface area (Å²) in [5.74, 6) is 10.8. The number of aryl methyl sites for hydroxylation is 1. The summed E-state index contributed by atoms with van der Waals surface area (Å²) in [7, 11) is 0.0801. The van der Waals surface area contributed by atoms with Crippen molar-refractivity contribution in [2.24, 2.45) is 23.5 Å². The molecule has 2 aromatic rings. The van der Waals surface area contributed by atoms with Gasteiger partial charge in [-0.1, -0.05) is 67.6 Å². The Labute approximate surface area is 241 Å². The molecule has 3 unspecified atom stereocenters. The van der Waals surface area contributed by atoms with Gasteiger partial charge >= 0.3 is 0 Å². The van der Waals surface area contributed by atoms with Gasteiger partial charge < -0.3 is 15.5 Å². The maximum Gasteiger partial charge on any atom is 0.242 e. The standard InChI is InChI=1S/C31H42N4O2S.C2H6/c1-22-7-9-26-18-28(12-11-24(26)16-22)38(3,4)33(2)29-6-5-14-35(31(29)37)21-30(36)34-15-13-23(20-34)8-10-25-17-27(25)19-32;1-2/h7-12,16,18,23,25,27,29H,3-6,13-15,17,19-21,32H2,1-2H3;1-2H3/b10-8+;/t23?,25?,27?,29-;/m0./s1. The van der Waals surface area contributed by atoms with Crippen molar-refractivity contribution in [3.05, 3.63) is 54.1 Å². The van der Waals surface area contributed by atoms with Crippen molar-refractivity contribution in [2.75, 3.05) is 39.8 Å². The SMILES string of the molecule is C=S(=C)(c1ccc2cc(C)ccc2c1)N(C)[C@H]1CCCN(CC(=O)N2CCC(/C=C/C3CC3CN)C2)C1=O.CC. The van der Waals surface area contributed by atoms with Crippen molar-refractivity contribution < 1.29 is 9.59 Å². The normalized spacial score (nSPS) is 25.0. The third-order valence-corrected chi connectivity index (χ3v) is 11.2. The highest BCUT2D eigenvalue weighted by Gasteiger charge is 2.36. The highest BCUT2D eigenvalue weighted by Crippen LogP contribution is 2.40. The van der Waals surface area contributed by atoms with Crippen LogP contribution < -0.4 is 5.73 Å². The molecular weight excluding hydrogens is 516 g/mol. The van der Waals surface area contributed by atoms with E-state index in [9.17, 15) is 9.59 Å². The van der Waals surface area contributed by atoms with Gasteiger partial charge in [-0.25, -0.2) is 4.31 Å². The number of benzene rings is 2. The van der Waals surface area contributed by atoms with E-state index in [0.29, 0.717) is 24.3 Å². The number of piperidine rings is 1. The van der Waals surface area contributed by atoms with E-state index in [0.717, 1.165) is 49.2 Å². The molecule has 2 saturated heterocycles. The predicted molar refractivity (Wildman–Crippen MR) is 172 cm³/mol. The van der Waals surface area contributed by atoms with Crippen LogP contribution in [0.3, 0.4) is 0 Å². The molecule has 4 atom stereocenters. The molecule has 218 valence electrons. The van der Waals surface area contributed by atoms with Crippen molar-refractivity contribution in [3.8, 4) is 0 Å². The number of nitrogens with two attached hydrogens (primary N) is 1. The van der Waals surface area contributed by atoms with Crippen LogP contribution in [-0.4, -0.2) is 83.5 Å². The van der Waals surface area contributed by atoms with E-state index in [2.05, 4.69) is 71.5 Å². The second kappa shape index (κ2) is 12.9. The first kappa shape index (κ1) is 30.4. The van der Waals surface area contributed by atoms with E-state index in [4.69, 9.17) is 5.73 Å². The van der Waals surface area contributed by atoms with Crippen LogP contribution in [0.5, 0.6) is 0 Å². The maximum absolute atomic E-state index is 13.6. The van der Waals surface area contributed by atoms with Crippen molar-refractivity contribution >= 4 is 43.7 Å². The molecular formula is C33H48N4O2S. The number of rotatable bonds is 8. The summed E-state index contributed by atoms with van der Waals surface area (Å²) in [5, 5.41) is 2.35. The number of likely N-dealkylation sites (tertiary alicyclic amines) is 2. The molecule has 0 spiro atoms. The minimum atomic E-state index is -1.89. The first-order valence-corrected chi connectivity index (χ1v) is 16.8. The van der Waals surface area contributed by atoms with E-state index in [1.807, 2.05) is 25.8 Å². The average molecular weight is 565 g/mol. The van der Waals surface area contributed by atoms with Gasteiger partial charge in [-0.3, -0.25) is 9.59 Å². The van der Waals surface area contributed by atoms with E-state index >= 15 is 0 Å². The Kier molecular flexibility index (Phi) is 9.80. The molecule has 2 amide bonds. The van der Waals surface area contributed by atoms with Crippen LogP contribution in [0.4, 0.5) is 0 Å². The highest BCUT2D eigenvalue weighted by atomic mass is 32.2. The van der Waals surface area contributed by atoms with Gasteiger partial charge in [0.05, 0.1) is 12.6 Å². The van der Waals surface area contributed by atoms with Gasteiger partial charge in [0, 0.05) is 24.5 Å². The number of nitrogens with zero attached hydrogens (tertiary/aromatic N) is 3. The molecule has 1 aliphatic carbocycles. The van der Waals surface area contributed by atoms with Crippen molar-refractivity contribution in [2.45, 2.75) is 57.4 Å². The minimum absolute atomic E-state index is 0.0184. The molecule has 3 aliphatic rings. The van der Waals surface area contributed by atoms with Crippen LogP contribution in [0.15, 0.2) is 53.4 Å². The molecule has 2 heterocycles. The molecule has 0 radical (unpaired) electrons. The van der Waals surface area contributed by atoms with Gasteiger partial charge in [0.1, 0.15) is 0 Å². The van der Waals surface area contributed by atoms with Crippen molar-refractivity contribution in [1.82, 2.24) is 14.1 Å². The zero-order chi connectivity index (χ0) is 29.0. The van der Waals surface area contributed by atoms with Gasteiger partial charge in [0.25, 0.3) is 0 Å². The van der Waals surface area contributed by atoms with Crippen LogP contribution in [0.2, 0.25) is 0 Å². The average Bonchev–Trinajstić information content (AvgIpc) is 3.57. The number of carbonyl (C=O) groups is 2. The second-order valence-electron chi connectivity index (χ2n) is 11.5. The summed E-state index contributed by atoms with van der Waals surface area (Å²) >= 11 is 0. The molecule has 5 rings (SSSR count). The van der Waals surface area contributed by atoms with Crippen LogP contribution in [0, 0.1) is 24.7 Å². The zero-order valence-electron chi connectivity index (χ0n) is 24.9. The number of hydrogen-bond donors (Lipinski definition) is 1. The maximum atomic E-state index is 13.6. The van der Waals surface area contributed by atoms with E-state index in [1.165, 1.54) is 17.4 Å². The van der Waals surface area contributed by atoms with Crippen molar-refractivity contribution in [1.29, 1.82) is 0 Å². The predicted octanol–water partition coefficient (Wildman–Crippen LogP) is 5.04. The van der Waals surface area contributed by atoms with Crippen LogP contribution in [0.1, 0.15) is 45.1 Å². The summed E-state index contributed by atoms with van der Waals surface area (Å²) in [5.41, 5.74) is 6.98. The lowest BCUT2D eigenvalue weighted by Crippen LogP contribution is -2.53. The molecule has 2 N–H and O–H groups in total. The summed E-state index contributed by atoms with van der Waals surface area (Å²) in [6, 6.07) is 12.5. The molecule has 40 heavy (non-hydrogen) atoms. The van der Waals surface area contributed by atoms with E-state index < -0.39 is 9.39 Å². The van der Waals surface area contributed by atoms with E-state index in [1.54, 1.807) is 4.90 Å². The Morgan fingerprint density at radius 1 is 1.10 bits per heavy atom. The largest absolute Gasteiger partial charge is 0.341 e. The van der Waals surface area contributed by atoms with Gasteiger partial charge in [0.2, 0.25) is 11.8 Å². The minimum Gasteiger partial charge on any atom is -0.341 e. The molecule has 2 aromatic carbocycles. The van der Waals surface area contributed by atoms with Gasteiger partial charge in [-0.2, -0.15) is 0 Å². The molecule has 0 bridgehead atoms. The van der Waals surface area contributed by atoms with Crippen LogP contribution >= 0.6 is 9.39 Å². The Morgan fingerprint density at radius 3 is 2.55 bits per heavy atom. The quantitative estimate of drug-likeness (QED) is 0.360. The summed E-state index contributed by atoms with van der Waals surface area (Å²) in [6.07, 6.45) is 8.39. The number of hydrogen-bond acceptors (Lipinski definition) is 4. The number of amides is 2. The highest BCUT2D eigenvalue weighted by molar-refractivity contribution is 8.25. The first-order chi connectivity index (χ1) is 19.2. The monoisotopic (exact) mass is 564 g/mol. The fourth-order valence-corrected chi connectivity index (χ4v) is 7.60.